The van der Waals surface area contributed by atoms with Gasteiger partial charge < -0.3 is 14.8 Å². The monoisotopic (exact) mass is 362 g/mol. The van der Waals surface area contributed by atoms with Gasteiger partial charge in [-0.1, -0.05) is 11.6 Å². The lowest BCUT2D eigenvalue weighted by Crippen LogP contribution is -2.30. The molecule has 0 aliphatic carbocycles. The van der Waals surface area contributed by atoms with E-state index >= 15 is 0 Å². The van der Waals surface area contributed by atoms with Crippen molar-refractivity contribution in [2.75, 3.05) is 5.32 Å². The van der Waals surface area contributed by atoms with Crippen molar-refractivity contribution < 1.29 is 19.1 Å². The van der Waals surface area contributed by atoms with Gasteiger partial charge in [-0.15, -0.1) is 0 Å². The molecule has 2 aromatic rings. The number of carbonyl (C=O) groups excluding carboxylic acids is 2. The van der Waals surface area contributed by atoms with E-state index < -0.39 is 18.0 Å². The zero-order valence-corrected chi connectivity index (χ0v) is 14.9. The first-order valence-corrected chi connectivity index (χ1v) is 8.13. The second kappa shape index (κ2) is 8.48. The van der Waals surface area contributed by atoms with Crippen LogP contribution < -0.4 is 10.1 Å². The molecule has 1 atom stereocenters. The van der Waals surface area contributed by atoms with Crippen LogP contribution in [0.4, 0.5) is 5.69 Å². The summed E-state index contributed by atoms with van der Waals surface area (Å²) in [7, 11) is 0. The van der Waals surface area contributed by atoms with E-state index in [2.05, 4.69) is 10.3 Å². The summed E-state index contributed by atoms with van der Waals surface area (Å²) in [6, 6.07) is 9.77. The molecular weight excluding hydrogens is 344 g/mol. The number of aromatic nitrogens is 1. The van der Waals surface area contributed by atoms with Crippen LogP contribution in [0.2, 0.25) is 5.15 Å². The second-order valence-corrected chi connectivity index (χ2v) is 5.93. The Balaban J connectivity index is 1.95. The molecule has 2 rings (SSSR count). The molecule has 1 aromatic carbocycles. The van der Waals surface area contributed by atoms with E-state index in [1.807, 2.05) is 13.8 Å². The summed E-state index contributed by atoms with van der Waals surface area (Å²) in [5, 5.41) is 2.73. The third-order valence-electron chi connectivity index (χ3n) is 3.13. The van der Waals surface area contributed by atoms with Gasteiger partial charge >= 0.3 is 5.97 Å². The Morgan fingerprint density at radius 2 is 1.80 bits per heavy atom. The van der Waals surface area contributed by atoms with Crippen LogP contribution in [0.5, 0.6) is 5.75 Å². The highest BCUT2D eigenvalue weighted by Gasteiger charge is 2.20. The van der Waals surface area contributed by atoms with Crippen LogP contribution in [0.1, 0.15) is 31.1 Å². The molecule has 0 saturated heterocycles. The topological polar surface area (TPSA) is 77.5 Å². The molecule has 25 heavy (non-hydrogen) atoms. The van der Waals surface area contributed by atoms with Crippen molar-refractivity contribution in [3.8, 4) is 5.75 Å². The van der Waals surface area contributed by atoms with Crippen LogP contribution in [0.25, 0.3) is 0 Å². The Morgan fingerprint density at radius 1 is 1.12 bits per heavy atom. The van der Waals surface area contributed by atoms with Gasteiger partial charge in [0, 0.05) is 6.20 Å². The molecule has 1 aromatic heterocycles. The van der Waals surface area contributed by atoms with Crippen molar-refractivity contribution in [3.63, 3.8) is 0 Å². The number of amides is 1. The van der Waals surface area contributed by atoms with Crippen molar-refractivity contribution in [2.24, 2.45) is 0 Å². The number of nitrogens with zero attached hydrogens (tertiary/aromatic N) is 1. The minimum atomic E-state index is -0.990. The molecule has 1 amide bonds. The van der Waals surface area contributed by atoms with Gasteiger partial charge in [0.25, 0.3) is 5.91 Å². The van der Waals surface area contributed by atoms with Gasteiger partial charge in [-0.05, 0) is 57.2 Å². The highest BCUT2D eigenvalue weighted by atomic mass is 35.5. The van der Waals surface area contributed by atoms with Crippen LogP contribution in [-0.4, -0.2) is 29.1 Å². The molecule has 0 radical (unpaired) electrons. The van der Waals surface area contributed by atoms with Crippen molar-refractivity contribution >= 4 is 29.2 Å². The first-order valence-electron chi connectivity index (χ1n) is 7.76. The van der Waals surface area contributed by atoms with E-state index in [4.69, 9.17) is 21.1 Å². The predicted octanol–water partition coefficient (Wildman–Crippen LogP) is 3.71. The van der Waals surface area contributed by atoms with E-state index in [1.54, 1.807) is 36.4 Å². The van der Waals surface area contributed by atoms with E-state index in [0.717, 1.165) is 0 Å². The Kier molecular flexibility index (Phi) is 6.36. The molecule has 7 heteroatoms. The molecule has 1 heterocycles. The molecule has 0 saturated carbocycles. The highest BCUT2D eigenvalue weighted by molar-refractivity contribution is 6.32. The fraction of sp³-hybridized carbons (Fsp3) is 0.278. The Hall–Kier alpha value is -2.60. The normalized spacial score (nSPS) is 11.7. The number of anilines is 1. The number of hydrogen-bond donors (Lipinski definition) is 1. The SMILES string of the molecule is CC(C)Oc1ccc(C(=O)O[C@H](C)C(=O)Nc2cccnc2Cl)cc1. The molecular formula is C18H19ClN2O4. The summed E-state index contributed by atoms with van der Waals surface area (Å²) in [5.41, 5.74) is 0.683. The summed E-state index contributed by atoms with van der Waals surface area (Å²) in [6.45, 7) is 5.31. The maximum Gasteiger partial charge on any atom is 0.338 e. The molecule has 0 aliphatic rings. The van der Waals surface area contributed by atoms with Gasteiger partial charge in [0.1, 0.15) is 5.75 Å². The number of carbonyl (C=O) groups is 2. The lowest BCUT2D eigenvalue weighted by molar-refractivity contribution is -0.123. The number of nitrogens with one attached hydrogen (secondary N) is 1. The summed E-state index contributed by atoms with van der Waals surface area (Å²) in [5.74, 6) is -0.442. The quantitative estimate of drug-likeness (QED) is 0.626. The fourth-order valence-electron chi connectivity index (χ4n) is 1.94. The van der Waals surface area contributed by atoms with Gasteiger partial charge in [-0.25, -0.2) is 9.78 Å². The number of esters is 1. The smallest absolute Gasteiger partial charge is 0.338 e. The van der Waals surface area contributed by atoms with E-state index in [9.17, 15) is 9.59 Å². The van der Waals surface area contributed by atoms with Crippen LogP contribution in [0, 0.1) is 0 Å². The summed E-state index contributed by atoms with van der Waals surface area (Å²) >= 11 is 5.88. The molecule has 0 fully saturated rings. The third kappa shape index (κ3) is 5.46. The second-order valence-electron chi connectivity index (χ2n) is 5.57. The molecule has 0 aliphatic heterocycles. The highest BCUT2D eigenvalue weighted by Crippen LogP contribution is 2.18. The Bertz CT molecular complexity index is 747. The summed E-state index contributed by atoms with van der Waals surface area (Å²) in [4.78, 5) is 28.1. The number of hydrogen-bond acceptors (Lipinski definition) is 5. The number of pyridine rings is 1. The van der Waals surface area contributed by atoms with E-state index in [0.29, 0.717) is 17.0 Å². The predicted molar refractivity (Wildman–Crippen MR) is 95.0 cm³/mol. The van der Waals surface area contributed by atoms with Gasteiger partial charge in [-0.3, -0.25) is 4.79 Å². The van der Waals surface area contributed by atoms with Gasteiger partial charge in [0.05, 0.1) is 17.4 Å². The van der Waals surface area contributed by atoms with Crippen molar-refractivity contribution in [1.29, 1.82) is 0 Å². The van der Waals surface area contributed by atoms with Crippen molar-refractivity contribution in [1.82, 2.24) is 4.98 Å². The van der Waals surface area contributed by atoms with Gasteiger partial charge in [0.2, 0.25) is 0 Å². The maximum absolute atomic E-state index is 12.1. The number of halogens is 1. The van der Waals surface area contributed by atoms with Crippen LogP contribution in [0.3, 0.4) is 0 Å². The minimum absolute atomic E-state index is 0.0424. The Labute approximate surface area is 151 Å². The molecule has 0 bridgehead atoms. The number of ether oxygens (including phenoxy) is 2. The maximum atomic E-state index is 12.1. The molecule has 132 valence electrons. The molecule has 0 spiro atoms. The van der Waals surface area contributed by atoms with Gasteiger partial charge in [0.15, 0.2) is 11.3 Å². The van der Waals surface area contributed by atoms with E-state index in [1.165, 1.54) is 13.1 Å². The fourth-order valence-corrected chi connectivity index (χ4v) is 2.10. The first kappa shape index (κ1) is 18.7. The lowest BCUT2D eigenvalue weighted by Gasteiger charge is -2.14. The van der Waals surface area contributed by atoms with Gasteiger partial charge in [-0.2, -0.15) is 0 Å². The van der Waals surface area contributed by atoms with Crippen LogP contribution in [0.15, 0.2) is 42.6 Å². The standard InChI is InChI=1S/C18H19ClN2O4/c1-11(2)24-14-8-6-13(7-9-14)18(23)25-12(3)17(22)21-15-5-4-10-20-16(15)19/h4-12H,1-3H3,(H,21,22)/t12-/m1/s1. The van der Waals surface area contributed by atoms with Crippen LogP contribution in [-0.2, 0) is 9.53 Å². The first-order chi connectivity index (χ1) is 11.9. The summed E-state index contributed by atoms with van der Waals surface area (Å²) in [6.07, 6.45) is 0.560. The molecule has 1 N–H and O–H groups in total. The average molecular weight is 363 g/mol. The van der Waals surface area contributed by atoms with Crippen molar-refractivity contribution in [3.05, 3.63) is 53.3 Å². The Morgan fingerprint density at radius 3 is 2.40 bits per heavy atom. The third-order valence-corrected chi connectivity index (χ3v) is 3.43. The summed E-state index contributed by atoms with van der Waals surface area (Å²) < 4.78 is 10.7. The minimum Gasteiger partial charge on any atom is -0.491 e. The average Bonchev–Trinajstić information content (AvgIpc) is 2.56. The lowest BCUT2D eigenvalue weighted by atomic mass is 10.2. The van der Waals surface area contributed by atoms with Crippen molar-refractivity contribution in [2.45, 2.75) is 33.0 Å². The zero-order valence-electron chi connectivity index (χ0n) is 14.2. The number of rotatable bonds is 6. The van der Waals surface area contributed by atoms with E-state index in [-0.39, 0.29) is 11.3 Å². The largest absolute Gasteiger partial charge is 0.491 e. The molecule has 6 nitrogen and oxygen atoms in total. The zero-order chi connectivity index (χ0) is 18.4. The molecule has 0 unspecified atom stereocenters. The van der Waals surface area contributed by atoms with Crippen LogP contribution >= 0.6 is 11.6 Å². The number of benzene rings is 1.